The molecule has 1 aromatic carbocycles. The molecule has 3 rings (SSSR count). The lowest BCUT2D eigenvalue weighted by Gasteiger charge is -2.07. The summed E-state index contributed by atoms with van der Waals surface area (Å²) in [4.78, 5) is 16.2. The third kappa shape index (κ3) is 3.17. The maximum Gasteiger partial charge on any atom is 0.251 e. The van der Waals surface area contributed by atoms with E-state index in [1.807, 2.05) is 11.6 Å². The number of rotatable bonds is 5. The lowest BCUT2D eigenvalue weighted by atomic mass is 10.1. The standard InChI is InChI=1S/C16H18N6O2/c1-10(2)15-20-19-13(22(15)3)8-17-16(23)12-6-4-11(5-7-12)14-18-9-24-21-14/h4-7,9-10H,8H2,1-3H3,(H,17,23). The first-order chi connectivity index (χ1) is 11.6. The molecule has 8 heteroatoms. The minimum Gasteiger partial charge on any atom is -0.345 e. The number of hydrogen-bond acceptors (Lipinski definition) is 6. The summed E-state index contributed by atoms with van der Waals surface area (Å²) in [6.45, 7) is 4.43. The van der Waals surface area contributed by atoms with Crippen molar-refractivity contribution in [2.75, 3.05) is 0 Å². The monoisotopic (exact) mass is 326 g/mol. The van der Waals surface area contributed by atoms with Crippen molar-refractivity contribution in [3.05, 3.63) is 47.9 Å². The third-order valence-electron chi connectivity index (χ3n) is 3.69. The van der Waals surface area contributed by atoms with Crippen LogP contribution >= 0.6 is 0 Å². The molecule has 124 valence electrons. The van der Waals surface area contributed by atoms with Gasteiger partial charge in [0.25, 0.3) is 5.91 Å². The van der Waals surface area contributed by atoms with E-state index >= 15 is 0 Å². The maximum absolute atomic E-state index is 12.2. The molecule has 0 saturated carbocycles. The van der Waals surface area contributed by atoms with E-state index in [1.165, 1.54) is 6.39 Å². The average Bonchev–Trinajstić information content (AvgIpc) is 3.23. The SMILES string of the molecule is CC(C)c1nnc(CNC(=O)c2ccc(-c3ncon3)cc2)n1C. The molecule has 2 heterocycles. The second kappa shape index (κ2) is 6.61. The molecule has 0 atom stereocenters. The van der Waals surface area contributed by atoms with Gasteiger partial charge in [-0.15, -0.1) is 10.2 Å². The van der Waals surface area contributed by atoms with Gasteiger partial charge in [-0.05, 0) is 12.1 Å². The Morgan fingerprint density at radius 2 is 2.00 bits per heavy atom. The number of hydrogen-bond donors (Lipinski definition) is 1. The number of carbonyl (C=O) groups excluding carboxylic acids is 1. The first-order valence-corrected chi connectivity index (χ1v) is 7.59. The Kier molecular flexibility index (Phi) is 4.37. The predicted octanol–water partition coefficient (Wildman–Crippen LogP) is 1.92. The second-order valence-corrected chi connectivity index (χ2v) is 5.70. The van der Waals surface area contributed by atoms with Crippen molar-refractivity contribution in [3.63, 3.8) is 0 Å². The van der Waals surface area contributed by atoms with E-state index in [9.17, 15) is 4.79 Å². The Labute approximate surface area is 138 Å². The van der Waals surface area contributed by atoms with E-state index in [1.54, 1.807) is 24.3 Å². The molecule has 0 aliphatic carbocycles. The summed E-state index contributed by atoms with van der Waals surface area (Å²) in [6.07, 6.45) is 1.27. The molecule has 1 N–H and O–H groups in total. The fourth-order valence-electron chi connectivity index (χ4n) is 2.36. The molecule has 0 saturated heterocycles. The largest absolute Gasteiger partial charge is 0.345 e. The molecule has 0 radical (unpaired) electrons. The van der Waals surface area contributed by atoms with E-state index in [4.69, 9.17) is 4.52 Å². The Balaban J connectivity index is 1.65. The molecule has 0 aliphatic rings. The van der Waals surface area contributed by atoms with Gasteiger partial charge in [0, 0.05) is 24.1 Å². The van der Waals surface area contributed by atoms with Crippen LogP contribution < -0.4 is 5.32 Å². The van der Waals surface area contributed by atoms with E-state index in [0.29, 0.717) is 17.9 Å². The van der Waals surface area contributed by atoms with Crippen LogP contribution in [0.3, 0.4) is 0 Å². The molecule has 3 aromatic rings. The molecule has 0 fully saturated rings. The molecule has 2 aromatic heterocycles. The van der Waals surface area contributed by atoms with E-state index in [-0.39, 0.29) is 11.8 Å². The summed E-state index contributed by atoms with van der Waals surface area (Å²) in [5.74, 6) is 2.20. The number of benzene rings is 1. The summed E-state index contributed by atoms with van der Waals surface area (Å²) >= 11 is 0. The zero-order valence-electron chi connectivity index (χ0n) is 13.7. The van der Waals surface area contributed by atoms with Crippen molar-refractivity contribution in [2.45, 2.75) is 26.3 Å². The van der Waals surface area contributed by atoms with Crippen LogP contribution in [-0.4, -0.2) is 30.8 Å². The van der Waals surface area contributed by atoms with Crippen molar-refractivity contribution < 1.29 is 9.32 Å². The summed E-state index contributed by atoms with van der Waals surface area (Å²) in [5, 5.41) is 14.9. The highest BCUT2D eigenvalue weighted by atomic mass is 16.5. The fourth-order valence-corrected chi connectivity index (χ4v) is 2.36. The van der Waals surface area contributed by atoms with Gasteiger partial charge >= 0.3 is 0 Å². The van der Waals surface area contributed by atoms with Crippen LogP contribution in [0, 0.1) is 0 Å². The molecule has 0 bridgehead atoms. The highest BCUT2D eigenvalue weighted by molar-refractivity contribution is 5.94. The van der Waals surface area contributed by atoms with Gasteiger partial charge in [-0.1, -0.05) is 31.1 Å². The van der Waals surface area contributed by atoms with Crippen LogP contribution in [0.5, 0.6) is 0 Å². The molecule has 8 nitrogen and oxygen atoms in total. The topological polar surface area (TPSA) is 98.7 Å². The zero-order chi connectivity index (χ0) is 17.1. The fraction of sp³-hybridized carbons (Fsp3) is 0.312. The minimum atomic E-state index is -0.177. The second-order valence-electron chi connectivity index (χ2n) is 5.70. The highest BCUT2D eigenvalue weighted by Gasteiger charge is 2.13. The smallest absolute Gasteiger partial charge is 0.251 e. The van der Waals surface area contributed by atoms with Crippen LogP contribution in [0.25, 0.3) is 11.4 Å². The minimum absolute atomic E-state index is 0.177. The van der Waals surface area contributed by atoms with E-state index in [2.05, 4.69) is 39.5 Å². The highest BCUT2D eigenvalue weighted by Crippen LogP contribution is 2.15. The summed E-state index contributed by atoms with van der Waals surface area (Å²) in [7, 11) is 1.90. The van der Waals surface area contributed by atoms with Crippen LogP contribution in [0.2, 0.25) is 0 Å². The quantitative estimate of drug-likeness (QED) is 0.769. The van der Waals surface area contributed by atoms with Gasteiger partial charge in [-0.2, -0.15) is 4.98 Å². The third-order valence-corrected chi connectivity index (χ3v) is 3.69. The number of carbonyl (C=O) groups is 1. The van der Waals surface area contributed by atoms with Crippen molar-refractivity contribution in [2.24, 2.45) is 7.05 Å². The molecule has 0 aliphatic heterocycles. The molecular weight excluding hydrogens is 308 g/mol. The first-order valence-electron chi connectivity index (χ1n) is 7.59. The number of nitrogens with zero attached hydrogens (tertiary/aromatic N) is 5. The molecular formula is C16H18N6O2. The van der Waals surface area contributed by atoms with Crippen LogP contribution in [0.15, 0.2) is 35.2 Å². The van der Waals surface area contributed by atoms with Gasteiger partial charge in [0.15, 0.2) is 5.82 Å². The average molecular weight is 326 g/mol. The predicted molar refractivity (Wildman–Crippen MR) is 86.0 cm³/mol. The van der Waals surface area contributed by atoms with Gasteiger partial charge in [0.05, 0.1) is 6.54 Å². The van der Waals surface area contributed by atoms with Crippen LogP contribution in [0.1, 0.15) is 41.8 Å². The van der Waals surface area contributed by atoms with Gasteiger partial charge in [0.1, 0.15) is 5.82 Å². The summed E-state index contributed by atoms with van der Waals surface area (Å²) in [6, 6.07) is 6.99. The van der Waals surface area contributed by atoms with Crippen molar-refractivity contribution in [1.29, 1.82) is 0 Å². The van der Waals surface area contributed by atoms with Gasteiger partial charge in [-0.25, -0.2) is 0 Å². The Hall–Kier alpha value is -3.03. The Bertz CT molecular complexity index is 821. The van der Waals surface area contributed by atoms with E-state index in [0.717, 1.165) is 17.2 Å². The summed E-state index contributed by atoms with van der Waals surface area (Å²) in [5.41, 5.74) is 1.34. The lowest BCUT2D eigenvalue weighted by Crippen LogP contribution is -2.24. The van der Waals surface area contributed by atoms with Crippen LogP contribution in [-0.2, 0) is 13.6 Å². The van der Waals surface area contributed by atoms with Crippen molar-refractivity contribution in [3.8, 4) is 11.4 Å². The van der Waals surface area contributed by atoms with Crippen LogP contribution in [0.4, 0.5) is 0 Å². The lowest BCUT2D eigenvalue weighted by molar-refractivity contribution is 0.0949. The molecule has 1 amide bonds. The Morgan fingerprint density at radius 3 is 2.58 bits per heavy atom. The maximum atomic E-state index is 12.2. The Morgan fingerprint density at radius 1 is 1.25 bits per heavy atom. The summed E-state index contributed by atoms with van der Waals surface area (Å²) < 4.78 is 6.62. The van der Waals surface area contributed by atoms with Gasteiger partial charge in [0.2, 0.25) is 12.2 Å². The van der Waals surface area contributed by atoms with Gasteiger partial charge < -0.3 is 14.4 Å². The number of amides is 1. The number of nitrogens with one attached hydrogen (secondary N) is 1. The molecule has 24 heavy (non-hydrogen) atoms. The van der Waals surface area contributed by atoms with E-state index < -0.39 is 0 Å². The van der Waals surface area contributed by atoms with Gasteiger partial charge in [-0.3, -0.25) is 4.79 Å². The zero-order valence-corrected chi connectivity index (χ0v) is 13.7. The molecule has 0 unspecified atom stereocenters. The molecule has 0 spiro atoms. The van der Waals surface area contributed by atoms with Crippen molar-refractivity contribution in [1.82, 2.24) is 30.2 Å². The number of aromatic nitrogens is 5. The normalized spacial score (nSPS) is 11.0. The first kappa shape index (κ1) is 15.9. The van der Waals surface area contributed by atoms with Crippen molar-refractivity contribution >= 4 is 5.91 Å².